The molecule has 1 aromatic rings. The van der Waals surface area contributed by atoms with E-state index in [9.17, 15) is 4.79 Å². The van der Waals surface area contributed by atoms with Crippen LogP contribution in [0, 0.1) is 5.92 Å². The minimum atomic E-state index is -0.127. The number of hydrogen-bond acceptors (Lipinski definition) is 4. The fourth-order valence-electron chi connectivity index (χ4n) is 3.76. The molecule has 0 spiro atoms. The van der Waals surface area contributed by atoms with E-state index in [1.165, 1.54) is 38.5 Å². The quantitative estimate of drug-likeness (QED) is 0.614. The first kappa shape index (κ1) is 18.1. The van der Waals surface area contributed by atoms with Gasteiger partial charge >= 0.3 is 0 Å². The van der Waals surface area contributed by atoms with Crippen LogP contribution in [-0.2, 0) is 11.2 Å². The molecule has 5 heteroatoms. The van der Waals surface area contributed by atoms with Crippen LogP contribution in [0.1, 0.15) is 44.1 Å². The van der Waals surface area contributed by atoms with Crippen molar-refractivity contribution in [1.82, 2.24) is 10.6 Å². The van der Waals surface area contributed by atoms with Crippen LogP contribution >= 0.6 is 0 Å². The Labute approximate surface area is 150 Å². The van der Waals surface area contributed by atoms with Crippen LogP contribution in [0.5, 0.6) is 11.5 Å². The normalized spacial score (nSPS) is 20.9. The third-order valence-corrected chi connectivity index (χ3v) is 5.26. The molecule has 1 aromatic carbocycles. The summed E-state index contributed by atoms with van der Waals surface area (Å²) in [6.07, 6.45) is 8.62. The molecule has 2 N–H and O–H groups in total. The van der Waals surface area contributed by atoms with Gasteiger partial charge in [0.25, 0.3) is 0 Å². The van der Waals surface area contributed by atoms with Gasteiger partial charge in [-0.3, -0.25) is 4.79 Å². The van der Waals surface area contributed by atoms with Crippen molar-refractivity contribution in [3.8, 4) is 11.5 Å². The zero-order chi connectivity index (χ0) is 17.5. The maximum Gasteiger partial charge on any atom is 0.226 e. The predicted octanol–water partition coefficient (Wildman–Crippen LogP) is 2.67. The van der Waals surface area contributed by atoms with Crippen molar-refractivity contribution in [2.24, 2.45) is 5.92 Å². The molecule has 1 heterocycles. The molecule has 1 amide bonds. The molecule has 1 fully saturated rings. The lowest BCUT2D eigenvalue weighted by atomic mass is 9.96. The van der Waals surface area contributed by atoms with Crippen molar-refractivity contribution in [1.29, 1.82) is 0 Å². The minimum Gasteiger partial charge on any atom is -0.497 e. The molecule has 0 aromatic heterocycles. The molecule has 1 aliphatic heterocycles. The number of carbonyl (C=O) groups is 1. The number of nitrogens with one attached hydrogen (secondary N) is 2. The number of methoxy groups -OCH3 is 1. The zero-order valence-corrected chi connectivity index (χ0v) is 15.2. The Balaban J connectivity index is 1.41. The highest BCUT2D eigenvalue weighted by atomic mass is 16.5. The van der Waals surface area contributed by atoms with Crippen LogP contribution in [-0.4, -0.2) is 38.8 Å². The van der Waals surface area contributed by atoms with Crippen LogP contribution in [0.15, 0.2) is 18.2 Å². The average molecular weight is 346 g/mol. The molecule has 0 bridgehead atoms. The molecule has 1 saturated carbocycles. The van der Waals surface area contributed by atoms with Gasteiger partial charge in [0.05, 0.1) is 13.0 Å². The van der Waals surface area contributed by atoms with Gasteiger partial charge in [-0.15, -0.1) is 0 Å². The van der Waals surface area contributed by atoms with Crippen LogP contribution in [0.2, 0.25) is 0 Å². The summed E-state index contributed by atoms with van der Waals surface area (Å²) >= 11 is 0. The molecule has 0 radical (unpaired) electrons. The van der Waals surface area contributed by atoms with E-state index in [1.807, 2.05) is 18.2 Å². The van der Waals surface area contributed by atoms with Crippen molar-refractivity contribution in [2.45, 2.75) is 51.0 Å². The smallest absolute Gasteiger partial charge is 0.226 e. The summed E-state index contributed by atoms with van der Waals surface area (Å²) in [7, 11) is 1.65. The van der Waals surface area contributed by atoms with Gasteiger partial charge in [-0.25, -0.2) is 0 Å². The Morgan fingerprint density at radius 1 is 1.20 bits per heavy atom. The van der Waals surface area contributed by atoms with Gasteiger partial charge in [-0.2, -0.15) is 0 Å². The second-order valence-corrected chi connectivity index (χ2v) is 7.12. The van der Waals surface area contributed by atoms with Gasteiger partial charge in [-0.05, 0) is 43.0 Å². The number of ether oxygens (including phenoxy) is 2. The summed E-state index contributed by atoms with van der Waals surface area (Å²) in [6, 6.07) is 6.39. The van der Waals surface area contributed by atoms with E-state index in [-0.39, 0.29) is 11.8 Å². The fraction of sp³-hybridized carbons (Fsp3) is 0.650. The lowest BCUT2D eigenvalue weighted by Crippen LogP contribution is -2.41. The first-order chi connectivity index (χ1) is 12.3. The highest BCUT2D eigenvalue weighted by molar-refractivity contribution is 5.79. The summed E-state index contributed by atoms with van der Waals surface area (Å²) < 4.78 is 11.0. The molecule has 5 nitrogen and oxygen atoms in total. The molecule has 25 heavy (non-hydrogen) atoms. The number of fused-ring (bicyclic) bond motifs is 1. The van der Waals surface area contributed by atoms with Crippen molar-refractivity contribution < 1.29 is 14.3 Å². The molecular formula is C20H30N2O3. The molecule has 2 aliphatic rings. The Morgan fingerprint density at radius 2 is 2.00 bits per heavy atom. The topological polar surface area (TPSA) is 59.6 Å². The van der Waals surface area contributed by atoms with E-state index < -0.39 is 0 Å². The number of amides is 1. The standard InChI is InChI=1S/C20H30N2O3/c1-24-18-8-9-19-15(13-18)12-16(14-25-19)20(23)22-11-10-21-17-6-4-2-3-5-7-17/h8-9,13,16-17,21H,2-7,10-12,14H2,1H3,(H,22,23). The number of carbonyl (C=O) groups excluding carboxylic acids is 1. The summed E-state index contributed by atoms with van der Waals surface area (Å²) in [6.45, 7) is 1.96. The van der Waals surface area contributed by atoms with E-state index in [1.54, 1.807) is 7.11 Å². The Hall–Kier alpha value is -1.75. The second kappa shape index (κ2) is 9.09. The van der Waals surface area contributed by atoms with Crippen molar-refractivity contribution >= 4 is 5.91 Å². The van der Waals surface area contributed by atoms with Gasteiger partial charge in [0.1, 0.15) is 18.1 Å². The van der Waals surface area contributed by atoms with E-state index in [2.05, 4.69) is 10.6 Å². The minimum absolute atomic E-state index is 0.0798. The van der Waals surface area contributed by atoms with Crippen molar-refractivity contribution in [3.05, 3.63) is 23.8 Å². The molecular weight excluding hydrogens is 316 g/mol. The SMILES string of the molecule is COc1ccc2c(c1)CC(C(=O)NCCNC1CCCCCC1)CO2. The molecule has 0 saturated heterocycles. The summed E-state index contributed by atoms with van der Waals surface area (Å²) in [5, 5.41) is 6.64. The van der Waals surface area contributed by atoms with Crippen molar-refractivity contribution in [3.63, 3.8) is 0 Å². The van der Waals surface area contributed by atoms with Gasteiger partial charge in [-0.1, -0.05) is 25.7 Å². The van der Waals surface area contributed by atoms with E-state index in [0.717, 1.165) is 23.6 Å². The average Bonchev–Trinajstić information content (AvgIpc) is 2.93. The molecule has 1 unspecified atom stereocenters. The fourth-order valence-corrected chi connectivity index (χ4v) is 3.76. The second-order valence-electron chi connectivity index (χ2n) is 7.12. The van der Waals surface area contributed by atoms with E-state index in [0.29, 0.717) is 25.6 Å². The van der Waals surface area contributed by atoms with E-state index in [4.69, 9.17) is 9.47 Å². The Bertz CT molecular complexity index is 568. The first-order valence-corrected chi connectivity index (χ1v) is 9.57. The maximum absolute atomic E-state index is 12.4. The monoisotopic (exact) mass is 346 g/mol. The molecule has 138 valence electrons. The van der Waals surface area contributed by atoms with Gasteiger partial charge in [0.15, 0.2) is 0 Å². The zero-order valence-electron chi connectivity index (χ0n) is 15.2. The van der Waals surface area contributed by atoms with Gasteiger partial charge < -0.3 is 20.1 Å². The largest absolute Gasteiger partial charge is 0.497 e. The molecule has 3 rings (SSSR count). The van der Waals surface area contributed by atoms with E-state index >= 15 is 0 Å². The summed E-state index contributed by atoms with van der Waals surface area (Å²) in [5.41, 5.74) is 1.04. The lowest BCUT2D eigenvalue weighted by Gasteiger charge is -2.25. The van der Waals surface area contributed by atoms with Gasteiger partial charge in [0.2, 0.25) is 5.91 Å². The summed E-state index contributed by atoms with van der Waals surface area (Å²) in [4.78, 5) is 12.4. The van der Waals surface area contributed by atoms with Crippen LogP contribution in [0.4, 0.5) is 0 Å². The van der Waals surface area contributed by atoms with Gasteiger partial charge in [0, 0.05) is 19.1 Å². The predicted molar refractivity (Wildman–Crippen MR) is 98.2 cm³/mol. The van der Waals surface area contributed by atoms with Crippen LogP contribution in [0.3, 0.4) is 0 Å². The molecule has 1 atom stereocenters. The lowest BCUT2D eigenvalue weighted by molar-refractivity contribution is -0.126. The van der Waals surface area contributed by atoms with Crippen LogP contribution < -0.4 is 20.1 Å². The number of benzene rings is 1. The Morgan fingerprint density at radius 3 is 2.76 bits per heavy atom. The maximum atomic E-state index is 12.4. The molecule has 1 aliphatic carbocycles. The number of rotatable bonds is 6. The van der Waals surface area contributed by atoms with Crippen molar-refractivity contribution in [2.75, 3.05) is 26.8 Å². The highest BCUT2D eigenvalue weighted by Gasteiger charge is 2.26. The van der Waals surface area contributed by atoms with Crippen LogP contribution in [0.25, 0.3) is 0 Å². The Kier molecular flexibility index (Phi) is 6.56. The number of hydrogen-bond donors (Lipinski definition) is 2. The summed E-state index contributed by atoms with van der Waals surface area (Å²) in [5.74, 6) is 1.62. The third kappa shape index (κ3) is 5.11. The third-order valence-electron chi connectivity index (χ3n) is 5.26. The first-order valence-electron chi connectivity index (χ1n) is 9.57. The highest BCUT2D eigenvalue weighted by Crippen LogP contribution is 2.30.